The zero-order chi connectivity index (χ0) is 11.5. The Morgan fingerprint density at radius 1 is 1.06 bits per heavy atom. The maximum absolute atomic E-state index is 13.1. The molecular formula is C12H7BrClFS. The highest BCUT2D eigenvalue weighted by Gasteiger charge is 2.04. The fraction of sp³-hybridized carbons (Fsp3) is 0. The zero-order valence-electron chi connectivity index (χ0n) is 8.08. The van der Waals surface area contributed by atoms with Gasteiger partial charge in [-0.05, 0) is 58.4 Å². The number of hydrogen-bond acceptors (Lipinski definition) is 1. The summed E-state index contributed by atoms with van der Waals surface area (Å²) in [7, 11) is 0. The number of halogens is 3. The Kier molecular flexibility index (Phi) is 3.90. The Bertz CT molecular complexity index is 499. The number of benzene rings is 2. The van der Waals surface area contributed by atoms with Gasteiger partial charge in [0.25, 0.3) is 0 Å². The van der Waals surface area contributed by atoms with Gasteiger partial charge in [0, 0.05) is 19.3 Å². The smallest absolute Gasteiger partial charge is 0.124 e. The minimum absolute atomic E-state index is 0.236. The largest absolute Gasteiger partial charge is 0.207 e. The zero-order valence-corrected chi connectivity index (χ0v) is 11.2. The van der Waals surface area contributed by atoms with Crippen molar-refractivity contribution in [1.29, 1.82) is 0 Å². The van der Waals surface area contributed by atoms with Crippen molar-refractivity contribution >= 4 is 39.3 Å². The second-order valence-corrected chi connectivity index (χ2v) is 5.54. The quantitative estimate of drug-likeness (QED) is 0.715. The van der Waals surface area contributed by atoms with Gasteiger partial charge in [0.2, 0.25) is 0 Å². The van der Waals surface area contributed by atoms with Crippen molar-refractivity contribution in [3.63, 3.8) is 0 Å². The van der Waals surface area contributed by atoms with Crippen molar-refractivity contribution in [2.45, 2.75) is 9.79 Å². The Labute approximate surface area is 111 Å². The van der Waals surface area contributed by atoms with Gasteiger partial charge in [-0.1, -0.05) is 23.4 Å². The normalized spacial score (nSPS) is 10.4. The minimum Gasteiger partial charge on any atom is -0.207 e. The van der Waals surface area contributed by atoms with Gasteiger partial charge in [-0.2, -0.15) is 0 Å². The Morgan fingerprint density at radius 2 is 1.75 bits per heavy atom. The van der Waals surface area contributed by atoms with E-state index in [1.807, 2.05) is 24.3 Å². The molecule has 0 aliphatic carbocycles. The molecule has 0 spiro atoms. The van der Waals surface area contributed by atoms with Crippen molar-refractivity contribution < 1.29 is 4.39 Å². The van der Waals surface area contributed by atoms with Crippen LogP contribution in [0, 0.1) is 5.82 Å². The first-order chi connectivity index (χ1) is 7.65. The molecule has 0 saturated carbocycles. The molecule has 0 unspecified atom stereocenters. The summed E-state index contributed by atoms with van der Waals surface area (Å²) in [5.41, 5.74) is 0. The summed E-state index contributed by atoms with van der Waals surface area (Å²) in [6.45, 7) is 0. The van der Waals surface area contributed by atoms with Crippen LogP contribution in [-0.4, -0.2) is 0 Å². The molecule has 0 amide bonds. The van der Waals surface area contributed by atoms with Crippen molar-refractivity contribution in [2.24, 2.45) is 0 Å². The lowest BCUT2D eigenvalue weighted by molar-refractivity contribution is 0.623. The van der Waals surface area contributed by atoms with Crippen LogP contribution >= 0.6 is 39.3 Å². The third kappa shape index (κ3) is 3.00. The maximum Gasteiger partial charge on any atom is 0.124 e. The van der Waals surface area contributed by atoms with E-state index in [2.05, 4.69) is 15.9 Å². The van der Waals surface area contributed by atoms with Crippen LogP contribution in [0.1, 0.15) is 0 Å². The first kappa shape index (κ1) is 12.0. The Balaban J connectivity index is 2.26. The van der Waals surface area contributed by atoms with Crippen LogP contribution in [0.15, 0.2) is 56.7 Å². The molecule has 4 heteroatoms. The molecule has 0 aromatic heterocycles. The molecule has 0 aliphatic rings. The molecule has 0 heterocycles. The molecule has 0 fully saturated rings. The fourth-order valence-corrected chi connectivity index (χ4v) is 2.66. The van der Waals surface area contributed by atoms with E-state index in [1.54, 1.807) is 6.07 Å². The monoisotopic (exact) mass is 316 g/mol. The highest BCUT2D eigenvalue weighted by atomic mass is 79.9. The van der Waals surface area contributed by atoms with Crippen LogP contribution in [-0.2, 0) is 0 Å². The van der Waals surface area contributed by atoms with Crippen LogP contribution in [0.3, 0.4) is 0 Å². The third-order valence-corrected chi connectivity index (χ3v) is 4.21. The van der Waals surface area contributed by atoms with E-state index in [0.717, 1.165) is 14.3 Å². The molecule has 0 saturated heterocycles. The molecule has 82 valence electrons. The van der Waals surface area contributed by atoms with Crippen LogP contribution in [0.5, 0.6) is 0 Å². The van der Waals surface area contributed by atoms with Gasteiger partial charge in [-0.3, -0.25) is 0 Å². The Morgan fingerprint density at radius 3 is 2.44 bits per heavy atom. The lowest BCUT2D eigenvalue weighted by atomic mass is 10.3. The molecule has 0 radical (unpaired) electrons. The molecule has 0 bridgehead atoms. The molecule has 0 nitrogen and oxygen atoms in total. The summed E-state index contributed by atoms with van der Waals surface area (Å²) < 4.78 is 13.9. The SMILES string of the molecule is Fc1ccc(Br)c(Sc2ccc(Cl)cc2)c1. The Hall–Kier alpha value is -0.510. The lowest BCUT2D eigenvalue weighted by Crippen LogP contribution is -1.79. The fourth-order valence-electron chi connectivity index (χ4n) is 1.19. The van der Waals surface area contributed by atoms with Gasteiger partial charge >= 0.3 is 0 Å². The molecule has 2 rings (SSSR count). The average Bonchev–Trinajstić information content (AvgIpc) is 2.27. The van der Waals surface area contributed by atoms with E-state index < -0.39 is 0 Å². The summed E-state index contributed by atoms with van der Waals surface area (Å²) in [6, 6.07) is 12.1. The van der Waals surface area contributed by atoms with E-state index in [9.17, 15) is 4.39 Å². The van der Waals surface area contributed by atoms with E-state index in [0.29, 0.717) is 5.02 Å². The molecule has 0 atom stereocenters. The van der Waals surface area contributed by atoms with E-state index in [4.69, 9.17) is 11.6 Å². The molecule has 0 aliphatic heterocycles. The highest BCUT2D eigenvalue weighted by Crippen LogP contribution is 2.34. The first-order valence-electron chi connectivity index (χ1n) is 4.53. The molecule has 16 heavy (non-hydrogen) atoms. The van der Waals surface area contributed by atoms with Gasteiger partial charge in [0.05, 0.1) is 0 Å². The van der Waals surface area contributed by atoms with Gasteiger partial charge in [0.1, 0.15) is 5.82 Å². The van der Waals surface area contributed by atoms with Crippen molar-refractivity contribution in [3.8, 4) is 0 Å². The summed E-state index contributed by atoms with van der Waals surface area (Å²) in [4.78, 5) is 1.87. The maximum atomic E-state index is 13.1. The summed E-state index contributed by atoms with van der Waals surface area (Å²) in [5, 5.41) is 0.697. The standard InChI is InChI=1S/C12H7BrClFS/c13-11-6-3-9(15)7-12(11)16-10-4-1-8(14)2-5-10/h1-7H. The van der Waals surface area contributed by atoms with Gasteiger partial charge < -0.3 is 0 Å². The predicted octanol–water partition coefficient (Wildman–Crippen LogP) is 5.39. The van der Waals surface area contributed by atoms with Gasteiger partial charge in [0.15, 0.2) is 0 Å². The van der Waals surface area contributed by atoms with E-state index >= 15 is 0 Å². The van der Waals surface area contributed by atoms with Gasteiger partial charge in [-0.25, -0.2) is 4.39 Å². The minimum atomic E-state index is -0.236. The molecule has 0 N–H and O–H groups in total. The average molecular weight is 318 g/mol. The molecule has 2 aromatic carbocycles. The van der Waals surface area contributed by atoms with Gasteiger partial charge in [-0.15, -0.1) is 0 Å². The predicted molar refractivity (Wildman–Crippen MR) is 69.7 cm³/mol. The van der Waals surface area contributed by atoms with Crippen molar-refractivity contribution in [3.05, 3.63) is 57.8 Å². The molecular weight excluding hydrogens is 311 g/mol. The van der Waals surface area contributed by atoms with Crippen LogP contribution in [0.25, 0.3) is 0 Å². The number of rotatable bonds is 2. The summed E-state index contributed by atoms with van der Waals surface area (Å²) in [5.74, 6) is -0.236. The number of hydrogen-bond donors (Lipinski definition) is 0. The topological polar surface area (TPSA) is 0 Å². The summed E-state index contributed by atoms with van der Waals surface area (Å²) >= 11 is 10.7. The lowest BCUT2D eigenvalue weighted by Gasteiger charge is -2.04. The van der Waals surface area contributed by atoms with Crippen LogP contribution < -0.4 is 0 Å². The second-order valence-electron chi connectivity index (χ2n) is 3.13. The summed E-state index contributed by atoms with van der Waals surface area (Å²) in [6.07, 6.45) is 0. The highest BCUT2D eigenvalue weighted by molar-refractivity contribution is 9.10. The van der Waals surface area contributed by atoms with Crippen LogP contribution in [0.4, 0.5) is 4.39 Å². The van der Waals surface area contributed by atoms with Crippen LogP contribution in [0.2, 0.25) is 5.02 Å². The molecule has 2 aromatic rings. The second kappa shape index (κ2) is 5.21. The van der Waals surface area contributed by atoms with Crippen molar-refractivity contribution in [1.82, 2.24) is 0 Å². The van der Waals surface area contributed by atoms with E-state index in [-0.39, 0.29) is 5.82 Å². The third-order valence-electron chi connectivity index (χ3n) is 1.93. The van der Waals surface area contributed by atoms with E-state index in [1.165, 1.54) is 23.9 Å². The van der Waals surface area contributed by atoms with Crippen molar-refractivity contribution in [2.75, 3.05) is 0 Å². The first-order valence-corrected chi connectivity index (χ1v) is 6.52.